The molecule has 49 heavy (non-hydrogen) atoms. The molecule has 0 aliphatic carbocycles. The summed E-state index contributed by atoms with van der Waals surface area (Å²) in [5.41, 5.74) is 8.42. The van der Waals surface area contributed by atoms with E-state index < -0.39 is 12.2 Å². The molecule has 5 aromatic rings. The van der Waals surface area contributed by atoms with Crippen molar-refractivity contribution in [1.29, 1.82) is 0 Å². The number of fused-ring (bicyclic) bond motifs is 1. The van der Waals surface area contributed by atoms with E-state index in [1.807, 2.05) is 72.8 Å². The number of benzene rings is 4. The molecule has 1 saturated heterocycles. The van der Waals surface area contributed by atoms with Crippen LogP contribution in [0, 0.1) is 0 Å². The molecule has 0 unspecified atom stereocenters. The maximum Gasteiger partial charge on any atom is 0.243 e. The number of thioether (sulfide) groups is 1. The normalized spacial score (nSPS) is 17.6. The SMILES string of the molecule is O=C(CCCCC(=O)NCc1cccc(-c2cccc([C@@H]3O[C@H](CSc4nc5ccccc5s4)C[C@H](c4ccc(CO)cc4)O3)c2)c1)NO. The lowest BCUT2D eigenvalue weighted by Gasteiger charge is -2.36. The molecule has 4 aromatic carbocycles. The molecule has 1 aliphatic rings. The molecule has 9 nitrogen and oxygen atoms in total. The first-order valence-corrected chi connectivity index (χ1v) is 18.2. The van der Waals surface area contributed by atoms with Crippen molar-refractivity contribution in [2.45, 2.75) is 68.1 Å². The molecular weight excluding hydrogens is 659 g/mol. The van der Waals surface area contributed by atoms with Gasteiger partial charge < -0.3 is 19.9 Å². The van der Waals surface area contributed by atoms with Crippen LogP contribution in [0.1, 0.15) is 66.8 Å². The first-order valence-electron chi connectivity index (χ1n) is 16.4. The van der Waals surface area contributed by atoms with Crippen LogP contribution >= 0.6 is 23.1 Å². The third kappa shape index (κ3) is 9.54. The van der Waals surface area contributed by atoms with Crippen LogP contribution in [0.2, 0.25) is 0 Å². The maximum absolute atomic E-state index is 12.4. The number of aromatic nitrogens is 1. The van der Waals surface area contributed by atoms with Crippen LogP contribution in [-0.4, -0.2) is 39.0 Å². The minimum absolute atomic E-state index is 0.00722. The molecular formula is C38H39N3O6S2. The van der Waals surface area contributed by atoms with E-state index >= 15 is 0 Å². The second-order valence-corrected chi connectivity index (χ2v) is 14.3. The Morgan fingerprint density at radius 3 is 2.37 bits per heavy atom. The molecule has 2 amide bonds. The summed E-state index contributed by atoms with van der Waals surface area (Å²) in [6.45, 7) is 0.385. The summed E-state index contributed by atoms with van der Waals surface area (Å²) in [7, 11) is 0. The molecule has 3 atom stereocenters. The number of carbonyl (C=O) groups excluding carboxylic acids is 2. The molecule has 254 valence electrons. The van der Waals surface area contributed by atoms with E-state index in [9.17, 15) is 14.7 Å². The molecule has 1 aliphatic heterocycles. The predicted octanol–water partition coefficient (Wildman–Crippen LogP) is 7.48. The fourth-order valence-electron chi connectivity index (χ4n) is 5.74. The van der Waals surface area contributed by atoms with Crippen molar-refractivity contribution in [3.8, 4) is 11.1 Å². The fourth-order valence-corrected chi connectivity index (χ4v) is 7.85. The van der Waals surface area contributed by atoms with Crippen LogP contribution in [0.5, 0.6) is 0 Å². The Hall–Kier alpha value is -4.10. The zero-order chi connectivity index (χ0) is 34.0. The van der Waals surface area contributed by atoms with E-state index in [0.717, 1.165) is 49.0 Å². The number of hydrogen-bond acceptors (Lipinski definition) is 9. The third-order valence-corrected chi connectivity index (χ3v) is 10.7. The van der Waals surface area contributed by atoms with Gasteiger partial charge in [0.1, 0.15) is 0 Å². The fraction of sp³-hybridized carbons (Fsp3) is 0.289. The number of hydroxylamine groups is 1. The molecule has 2 heterocycles. The van der Waals surface area contributed by atoms with Gasteiger partial charge in [0.2, 0.25) is 11.8 Å². The van der Waals surface area contributed by atoms with Gasteiger partial charge in [-0.05, 0) is 64.9 Å². The number of nitrogens with one attached hydrogen (secondary N) is 2. The van der Waals surface area contributed by atoms with Gasteiger partial charge in [0, 0.05) is 37.1 Å². The summed E-state index contributed by atoms with van der Waals surface area (Å²) in [5, 5.41) is 21.1. The van der Waals surface area contributed by atoms with Crippen molar-refractivity contribution in [2.24, 2.45) is 0 Å². The number of ether oxygens (including phenoxy) is 2. The second kappa shape index (κ2) is 17.0. The van der Waals surface area contributed by atoms with Crippen LogP contribution in [0.25, 0.3) is 21.3 Å². The van der Waals surface area contributed by atoms with Crippen LogP contribution in [0.15, 0.2) is 101 Å². The van der Waals surface area contributed by atoms with Crippen LogP contribution in [-0.2, 0) is 32.2 Å². The molecule has 0 radical (unpaired) electrons. The minimum Gasteiger partial charge on any atom is -0.392 e. The van der Waals surface area contributed by atoms with Gasteiger partial charge >= 0.3 is 0 Å². The Balaban J connectivity index is 1.14. The van der Waals surface area contributed by atoms with E-state index in [0.29, 0.717) is 32.2 Å². The summed E-state index contributed by atoms with van der Waals surface area (Å²) >= 11 is 3.40. The number of para-hydroxylation sites is 1. The van der Waals surface area contributed by atoms with E-state index in [1.54, 1.807) is 28.6 Å². The number of rotatable bonds is 14. The van der Waals surface area contributed by atoms with E-state index in [1.165, 1.54) is 4.70 Å². The number of nitrogens with zero attached hydrogens (tertiary/aromatic N) is 1. The van der Waals surface area contributed by atoms with Gasteiger partial charge in [-0.15, -0.1) is 11.3 Å². The molecule has 1 aromatic heterocycles. The van der Waals surface area contributed by atoms with Gasteiger partial charge in [-0.3, -0.25) is 14.8 Å². The van der Waals surface area contributed by atoms with Crippen molar-refractivity contribution < 1.29 is 29.4 Å². The highest BCUT2D eigenvalue weighted by Gasteiger charge is 2.32. The average molecular weight is 698 g/mol. The number of aliphatic hydroxyl groups is 1. The van der Waals surface area contributed by atoms with Crippen LogP contribution < -0.4 is 10.8 Å². The lowest BCUT2D eigenvalue weighted by atomic mass is 9.99. The van der Waals surface area contributed by atoms with Gasteiger partial charge in [-0.2, -0.15) is 0 Å². The highest BCUT2D eigenvalue weighted by atomic mass is 32.2. The first-order chi connectivity index (χ1) is 24.0. The van der Waals surface area contributed by atoms with Crippen LogP contribution in [0.3, 0.4) is 0 Å². The predicted molar refractivity (Wildman–Crippen MR) is 191 cm³/mol. The largest absolute Gasteiger partial charge is 0.392 e. The van der Waals surface area contributed by atoms with Crippen LogP contribution in [0.4, 0.5) is 0 Å². The molecule has 11 heteroatoms. The lowest BCUT2D eigenvalue weighted by molar-refractivity contribution is -0.245. The summed E-state index contributed by atoms with van der Waals surface area (Å²) in [5.74, 6) is 0.201. The van der Waals surface area contributed by atoms with Gasteiger partial charge in [0.15, 0.2) is 10.6 Å². The Kier molecular flexibility index (Phi) is 12.1. The number of aliphatic hydroxyl groups excluding tert-OH is 1. The maximum atomic E-state index is 12.4. The van der Waals surface area contributed by atoms with Gasteiger partial charge in [0.25, 0.3) is 0 Å². The number of unbranched alkanes of at least 4 members (excludes halogenated alkanes) is 1. The number of thiazole rings is 1. The lowest BCUT2D eigenvalue weighted by Crippen LogP contribution is -2.31. The van der Waals surface area contributed by atoms with Gasteiger partial charge in [0.05, 0.1) is 29.0 Å². The zero-order valence-corrected chi connectivity index (χ0v) is 28.6. The monoisotopic (exact) mass is 697 g/mol. The van der Waals surface area contributed by atoms with Crippen molar-refractivity contribution in [3.05, 3.63) is 119 Å². The Morgan fingerprint density at radius 1 is 0.837 bits per heavy atom. The molecule has 0 spiro atoms. The van der Waals surface area contributed by atoms with Crippen molar-refractivity contribution in [1.82, 2.24) is 15.8 Å². The number of hydrogen-bond donors (Lipinski definition) is 4. The third-order valence-electron chi connectivity index (χ3n) is 8.37. The molecule has 4 N–H and O–H groups in total. The summed E-state index contributed by atoms with van der Waals surface area (Å²) < 4.78 is 15.4. The number of carbonyl (C=O) groups is 2. The Morgan fingerprint density at radius 2 is 1.59 bits per heavy atom. The standard InChI is InChI=1S/C38H39N3O6S2/c42-23-25-15-17-27(18-16-25)33-21-31(24-48-38-40-32-11-1-2-12-34(32)49-38)46-37(47-33)30-10-6-9-29(20-30)28-8-5-7-26(19-28)22-39-35(43)13-3-4-14-36(44)41-45/h1-2,5-12,15-20,31,33,37,42,45H,3-4,13-14,21-24H2,(H,39,43)(H,41,44)/t31-,33+,37+/m0/s1. The van der Waals surface area contributed by atoms with Crippen molar-refractivity contribution in [2.75, 3.05) is 5.75 Å². The number of amides is 2. The molecule has 1 fully saturated rings. The highest BCUT2D eigenvalue weighted by Crippen LogP contribution is 2.41. The van der Waals surface area contributed by atoms with Crippen molar-refractivity contribution >= 4 is 45.1 Å². The van der Waals surface area contributed by atoms with E-state index in [2.05, 4.69) is 29.6 Å². The Labute approximate surface area is 293 Å². The summed E-state index contributed by atoms with van der Waals surface area (Å²) in [6, 6.07) is 32.3. The van der Waals surface area contributed by atoms with Gasteiger partial charge in [-0.1, -0.05) is 84.6 Å². The topological polar surface area (TPSA) is 130 Å². The van der Waals surface area contributed by atoms with E-state index in [4.69, 9.17) is 19.7 Å². The summed E-state index contributed by atoms with van der Waals surface area (Å²) in [6.07, 6.45) is 1.43. The molecule has 0 bridgehead atoms. The smallest absolute Gasteiger partial charge is 0.243 e. The molecule has 0 saturated carbocycles. The van der Waals surface area contributed by atoms with Gasteiger partial charge in [-0.25, -0.2) is 10.5 Å². The first kappa shape index (κ1) is 34.8. The molecule has 6 rings (SSSR count). The van der Waals surface area contributed by atoms with Crippen molar-refractivity contribution in [3.63, 3.8) is 0 Å². The average Bonchev–Trinajstić information content (AvgIpc) is 3.58. The quantitative estimate of drug-likeness (QED) is 0.0407. The van der Waals surface area contributed by atoms with E-state index in [-0.39, 0.29) is 31.1 Å². The second-order valence-electron chi connectivity index (χ2n) is 12.0. The summed E-state index contributed by atoms with van der Waals surface area (Å²) in [4.78, 5) is 28.3. The minimum atomic E-state index is -0.580. The zero-order valence-electron chi connectivity index (χ0n) is 26.9. The Bertz CT molecular complexity index is 1830. The highest BCUT2D eigenvalue weighted by molar-refractivity contribution is 8.01.